The van der Waals surface area contributed by atoms with Crippen molar-refractivity contribution < 1.29 is 14.3 Å². The Labute approximate surface area is 105 Å². The second kappa shape index (κ2) is 4.66. The van der Waals surface area contributed by atoms with Crippen LogP contribution in [-0.2, 0) is 9.59 Å². The number of hydrogen-bond donors (Lipinski definition) is 2. The minimum absolute atomic E-state index is 0.0254. The fraction of sp³-hybridized carbons (Fsp3) is 0.333. The van der Waals surface area contributed by atoms with Gasteiger partial charge < -0.3 is 20.7 Å². The molecule has 1 aromatic rings. The average Bonchev–Trinajstić information content (AvgIpc) is 2.63. The van der Waals surface area contributed by atoms with E-state index in [2.05, 4.69) is 5.32 Å². The van der Waals surface area contributed by atoms with Crippen molar-refractivity contribution in [1.29, 1.82) is 0 Å². The predicted molar refractivity (Wildman–Crippen MR) is 66.3 cm³/mol. The smallest absolute Gasteiger partial charge is 0.249 e. The van der Waals surface area contributed by atoms with Crippen LogP contribution < -0.4 is 20.7 Å². The predicted octanol–water partition coefficient (Wildman–Crippen LogP) is -0.212. The molecule has 1 aromatic carbocycles. The van der Waals surface area contributed by atoms with Gasteiger partial charge in [0, 0.05) is 18.3 Å². The Morgan fingerprint density at radius 2 is 2.28 bits per heavy atom. The lowest BCUT2D eigenvalue weighted by Crippen LogP contribution is -2.39. The van der Waals surface area contributed by atoms with Crippen molar-refractivity contribution >= 4 is 17.5 Å². The maximum absolute atomic E-state index is 12.0. The zero-order valence-corrected chi connectivity index (χ0v) is 10.3. The molecular weight excluding hydrogens is 234 g/mol. The largest absolute Gasteiger partial charge is 0.497 e. The summed E-state index contributed by atoms with van der Waals surface area (Å²) in [6.07, 6.45) is 0. The lowest BCUT2D eigenvalue weighted by atomic mass is 10.1. The van der Waals surface area contributed by atoms with Crippen LogP contribution in [-0.4, -0.2) is 32.5 Å². The number of rotatable bonds is 3. The van der Waals surface area contributed by atoms with Crippen molar-refractivity contribution in [1.82, 2.24) is 5.32 Å². The van der Waals surface area contributed by atoms with Crippen molar-refractivity contribution in [2.45, 2.75) is 6.04 Å². The zero-order valence-electron chi connectivity index (χ0n) is 10.3. The van der Waals surface area contributed by atoms with Crippen molar-refractivity contribution in [3.63, 3.8) is 0 Å². The molecule has 0 aromatic heterocycles. The van der Waals surface area contributed by atoms with Crippen molar-refractivity contribution in [3.8, 4) is 5.75 Å². The average molecular weight is 249 g/mol. The number of methoxy groups -OCH3 is 1. The molecule has 2 amide bonds. The Hall–Kier alpha value is -2.08. The standard InChI is InChI=1S/C12H15N3O3/c1-14-10(16)6-15-9-4-3-7(18-2)5-8(9)11(13)12(15)17/h3-5,11H,6,13H2,1-2H3,(H,14,16). The number of benzene rings is 1. The number of nitrogens with two attached hydrogens (primary N) is 1. The van der Waals surface area contributed by atoms with Crippen LogP contribution in [0.3, 0.4) is 0 Å². The number of nitrogens with zero attached hydrogens (tertiary/aromatic N) is 1. The first kappa shape index (κ1) is 12.4. The van der Waals surface area contributed by atoms with Gasteiger partial charge in [-0.3, -0.25) is 9.59 Å². The Morgan fingerprint density at radius 3 is 2.89 bits per heavy atom. The first-order chi connectivity index (χ1) is 8.58. The van der Waals surface area contributed by atoms with Crippen LogP contribution in [0.1, 0.15) is 11.6 Å². The summed E-state index contributed by atoms with van der Waals surface area (Å²) in [5.41, 5.74) is 7.19. The number of carbonyl (C=O) groups excluding carboxylic acids is 2. The molecule has 1 aliphatic rings. The fourth-order valence-electron chi connectivity index (χ4n) is 1.96. The molecule has 3 N–H and O–H groups in total. The number of amides is 2. The molecule has 0 saturated heterocycles. The highest BCUT2D eigenvalue weighted by Gasteiger charge is 2.35. The summed E-state index contributed by atoms with van der Waals surface area (Å²) in [5, 5.41) is 2.48. The van der Waals surface area contributed by atoms with E-state index >= 15 is 0 Å². The first-order valence-electron chi connectivity index (χ1n) is 5.54. The SMILES string of the molecule is CNC(=O)CN1C(=O)C(N)c2cc(OC)ccc21. The van der Waals surface area contributed by atoms with Gasteiger partial charge in [-0.25, -0.2) is 0 Å². The highest BCUT2D eigenvalue weighted by atomic mass is 16.5. The van der Waals surface area contributed by atoms with Crippen LogP contribution in [0.2, 0.25) is 0 Å². The summed E-state index contributed by atoms with van der Waals surface area (Å²) >= 11 is 0. The Kier molecular flexibility index (Phi) is 3.20. The molecule has 0 saturated carbocycles. The third-order valence-electron chi connectivity index (χ3n) is 2.97. The van der Waals surface area contributed by atoms with Gasteiger partial charge in [-0.1, -0.05) is 0 Å². The molecule has 18 heavy (non-hydrogen) atoms. The lowest BCUT2D eigenvalue weighted by Gasteiger charge is -2.16. The minimum atomic E-state index is -0.736. The monoisotopic (exact) mass is 249 g/mol. The molecule has 0 radical (unpaired) electrons. The number of nitrogens with one attached hydrogen (secondary N) is 1. The molecule has 0 fully saturated rings. The number of hydrogen-bond acceptors (Lipinski definition) is 4. The minimum Gasteiger partial charge on any atom is -0.497 e. The van der Waals surface area contributed by atoms with Gasteiger partial charge in [0.15, 0.2) is 0 Å². The summed E-state index contributed by atoms with van der Waals surface area (Å²) in [4.78, 5) is 24.8. The van der Waals surface area contributed by atoms with E-state index in [-0.39, 0.29) is 18.4 Å². The molecular formula is C12H15N3O3. The van der Waals surface area contributed by atoms with Gasteiger partial charge in [-0.05, 0) is 18.2 Å². The topological polar surface area (TPSA) is 84.7 Å². The summed E-state index contributed by atoms with van der Waals surface area (Å²) in [6, 6.07) is 4.46. The molecule has 96 valence electrons. The Morgan fingerprint density at radius 1 is 1.56 bits per heavy atom. The van der Waals surface area contributed by atoms with Crippen LogP contribution in [0.5, 0.6) is 5.75 Å². The van der Waals surface area contributed by atoms with E-state index in [1.165, 1.54) is 11.9 Å². The van der Waals surface area contributed by atoms with E-state index in [9.17, 15) is 9.59 Å². The number of fused-ring (bicyclic) bond motifs is 1. The highest BCUT2D eigenvalue weighted by molar-refractivity contribution is 6.07. The lowest BCUT2D eigenvalue weighted by molar-refractivity contribution is -0.123. The molecule has 2 rings (SSSR count). The van der Waals surface area contributed by atoms with E-state index in [4.69, 9.17) is 10.5 Å². The van der Waals surface area contributed by atoms with Gasteiger partial charge in [-0.15, -0.1) is 0 Å². The van der Waals surface area contributed by atoms with Gasteiger partial charge >= 0.3 is 0 Å². The van der Waals surface area contributed by atoms with Gasteiger partial charge in [0.25, 0.3) is 0 Å². The number of anilines is 1. The van der Waals surface area contributed by atoms with E-state index < -0.39 is 6.04 Å². The third-order valence-corrected chi connectivity index (χ3v) is 2.97. The molecule has 1 unspecified atom stereocenters. The molecule has 1 aliphatic heterocycles. The van der Waals surface area contributed by atoms with Gasteiger partial charge in [0.05, 0.1) is 7.11 Å². The van der Waals surface area contributed by atoms with Crippen LogP contribution in [0.25, 0.3) is 0 Å². The number of carbonyl (C=O) groups is 2. The van der Waals surface area contributed by atoms with Crippen molar-refractivity contribution in [3.05, 3.63) is 23.8 Å². The Bertz CT molecular complexity index is 501. The second-order valence-electron chi connectivity index (χ2n) is 4.00. The summed E-state index contributed by atoms with van der Waals surface area (Å²) in [5.74, 6) is 0.125. The molecule has 1 atom stereocenters. The van der Waals surface area contributed by atoms with E-state index in [0.29, 0.717) is 17.0 Å². The number of likely N-dealkylation sites (N-methyl/N-ethyl adjacent to an activating group) is 1. The third kappa shape index (κ3) is 1.91. The van der Waals surface area contributed by atoms with Crippen LogP contribution >= 0.6 is 0 Å². The van der Waals surface area contributed by atoms with Crippen molar-refractivity contribution in [2.24, 2.45) is 5.73 Å². The molecule has 0 aliphatic carbocycles. The van der Waals surface area contributed by atoms with Gasteiger partial charge in [0.2, 0.25) is 11.8 Å². The van der Waals surface area contributed by atoms with Gasteiger partial charge in [0.1, 0.15) is 18.3 Å². The highest BCUT2D eigenvalue weighted by Crippen LogP contribution is 2.36. The second-order valence-corrected chi connectivity index (χ2v) is 4.00. The maximum Gasteiger partial charge on any atom is 0.249 e. The van der Waals surface area contributed by atoms with Crippen LogP contribution in [0.4, 0.5) is 5.69 Å². The molecule has 6 nitrogen and oxygen atoms in total. The normalized spacial score (nSPS) is 17.6. The molecule has 0 bridgehead atoms. The quantitative estimate of drug-likeness (QED) is 0.776. The summed E-state index contributed by atoms with van der Waals surface area (Å²) in [7, 11) is 3.07. The Balaban J connectivity index is 2.37. The van der Waals surface area contributed by atoms with E-state index in [1.807, 2.05) is 0 Å². The summed E-state index contributed by atoms with van der Waals surface area (Å²) < 4.78 is 5.10. The molecule has 6 heteroatoms. The van der Waals surface area contributed by atoms with E-state index in [1.54, 1.807) is 25.3 Å². The van der Waals surface area contributed by atoms with Crippen molar-refractivity contribution in [2.75, 3.05) is 25.6 Å². The van der Waals surface area contributed by atoms with Crippen LogP contribution in [0, 0.1) is 0 Å². The summed E-state index contributed by atoms with van der Waals surface area (Å²) in [6.45, 7) is -0.0254. The maximum atomic E-state index is 12.0. The van der Waals surface area contributed by atoms with Crippen LogP contribution in [0.15, 0.2) is 18.2 Å². The first-order valence-corrected chi connectivity index (χ1v) is 5.54. The van der Waals surface area contributed by atoms with E-state index in [0.717, 1.165) is 0 Å². The molecule has 0 spiro atoms. The van der Waals surface area contributed by atoms with Gasteiger partial charge in [-0.2, -0.15) is 0 Å². The number of ether oxygens (including phenoxy) is 1. The molecule has 1 heterocycles. The zero-order chi connectivity index (χ0) is 13.3. The fourth-order valence-corrected chi connectivity index (χ4v) is 1.96.